The third kappa shape index (κ3) is 22.9. The van der Waals surface area contributed by atoms with Gasteiger partial charge in [-0.25, -0.2) is 0 Å². The van der Waals surface area contributed by atoms with E-state index >= 15 is 0 Å². The van der Waals surface area contributed by atoms with Crippen LogP contribution in [0.3, 0.4) is 0 Å². The van der Waals surface area contributed by atoms with Crippen molar-refractivity contribution in [2.45, 2.75) is 110 Å². The largest absolute Gasteiger partial charge is 1.00 e. The van der Waals surface area contributed by atoms with Gasteiger partial charge in [0.1, 0.15) is 0 Å². The van der Waals surface area contributed by atoms with Gasteiger partial charge in [0.2, 0.25) is 0 Å². The first-order valence-corrected chi connectivity index (χ1v) is 12.1. The van der Waals surface area contributed by atoms with Crippen LogP contribution in [-0.2, 0) is 0 Å². The molecule has 0 atom stereocenters. The summed E-state index contributed by atoms with van der Waals surface area (Å²) in [5, 5.41) is 1.18. The van der Waals surface area contributed by atoms with Gasteiger partial charge in [-0.2, -0.15) is 0 Å². The van der Waals surface area contributed by atoms with Crippen LogP contribution < -0.4 is 17.0 Å². The lowest BCUT2D eigenvalue weighted by molar-refractivity contribution is -0.890. The predicted molar refractivity (Wildman–Crippen MR) is 115 cm³/mol. The van der Waals surface area contributed by atoms with Gasteiger partial charge < -0.3 is 21.5 Å². The van der Waals surface area contributed by atoms with E-state index in [9.17, 15) is 0 Å². The summed E-state index contributed by atoms with van der Waals surface area (Å²) >= 11 is 3.51. The summed E-state index contributed by atoms with van der Waals surface area (Å²) in [5.74, 6) is 0. The van der Waals surface area contributed by atoms with Gasteiger partial charge in [-0.15, -0.1) is 0 Å². The third-order valence-electron chi connectivity index (χ3n) is 5.26. The lowest BCUT2D eigenvalue weighted by atomic mass is 10.1. The number of quaternary nitrogens is 1. The standard InChI is InChI=1S/C22H47BrN.BrH/c1-4-5-6-7-8-12-15-18-21-24(2,3)22-19-16-13-10-9-11-14-17-20-23;/h4-22H2,1-3H3;1H/q+1;/p-1. The van der Waals surface area contributed by atoms with E-state index in [1.165, 1.54) is 126 Å². The minimum Gasteiger partial charge on any atom is -1.00 e. The first-order valence-electron chi connectivity index (χ1n) is 11.0. The molecule has 0 aromatic rings. The number of halogens is 2. The molecule has 0 aromatic heterocycles. The Morgan fingerprint density at radius 2 is 0.840 bits per heavy atom. The van der Waals surface area contributed by atoms with Crippen LogP contribution >= 0.6 is 15.9 Å². The lowest BCUT2D eigenvalue weighted by Crippen LogP contribution is -3.00. The summed E-state index contributed by atoms with van der Waals surface area (Å²) in [7, 11) is 4.86. The fourth-order valence-electron chi connectivity index (χ4n) is 3.48. The van der Waals surface area contributed by atoms with E-state index in [0.29, 0.717) is 0 Å². The zero-order valence-electron chi connectivity index (χ0n) is 17.6. The minimum absolute atomic E-state index is 0. The van der Waals surface area contributed by atoms with Crippen molar-refractivity contribution in [2.75, 3.05) is 32.5 Å². The molecule has 0 amide bonds. The highest BCUT2D eigenvalue weighted by molar-refractivity contribution is 9.09. The average molecular weight is 485 g/mol. The van der Waals surface area contributed by atoms with E-state index in [1.54, 1.807) is 0 Å². The van der Waals surface area contributed by atoms with Gasteiger partial charge in [0, 0.05) is 5.33 Å². The summed E-state index contributed by atoms with van der Waals surface area (Å²) < 4.78 is 1.24. The fourth-order valence-corrected chi connectivity index (χ4v) is 3.88. The molecule has 0 rings (SSSR count). The molecule has 0 fully saturated rings. The maximum Gasteiger partial charge on any atom is 0.0782 e. The molecule has 0 N–H and O–H groups in total. The molecule has 0 aliphatic carbocycles. The maximum absolute atomic E-state index is 3.51. The van der Waals surface area contributed by atoms with Crippen LogP contribution in [0.25, 0.3) is 0 Å². The zero-order chi connectivity index (χ0) is 17.9. The third-order valence-corrected chi connectivity index (χ3v) is 5.82. The Hall–Kier alpha value is 0.920. The molecule has 0 unspecified atom stereocenters. The molecule has 0 spiro atoms. The van der Waals surface area contributed by atoms with Crippen molar-refractivity contribution >= 4 is 15.9 Å². The topological polar surface area (TPSA) is 0 Å². The average Bonchev–Trinajstić information content (AvgIpc) is 2.55. The van der Waals surface area contributed by atoms with E-state index in [-0.39, 0.29) is 17.0 Å². The Morgan fingerprint density at radius 3 is 1.20 bits per heavy atom. The first-order chi connectivity index (χ1) is 11.6. The van der Waals surface area contributed by atoms with E-state index in [1.807, 2.05) is 0 Å². The van der Waals surface area contributed by atoms with Gasteiger partial charge in [0.05, 0.1) is 27.2 Å². The van der Waals surface area contributed by atoms with Crippen LogP contribution in [0.5, 0.6) is 0 Å². The van der Waals surface area contributed by atoms with E-state index in [4.69, 9.17) is 0 Å². The van der Waals surface area contributed by atoms with Gasteiger partial charge in [-0.1, -0.05) is 93.5 Å². The Labute approximate surface area is 179 Å². The van der Waals surface area contributed by atoms with Gasteiger partial charge in [0.25, 0.3) is 0 Å². The predicted octanol–water partition coefficient (Wildman–Crippen LogP) is 4.72. The lowest BCUT2D eigenvalue weighted by Gasteiger charge is -2.30. The summed E-state index contributed by atoms with van der Waals surface area (Å²) in [6, 6.07) is 0. The fraction of sp³-hybridized carbons (Fsp3) is 1.00. The van der Waals surface area contributed by atoms with Crippen LogP contribution in [0, 0.1) is 0 Å². The monoisotopic (exact) mass is 483 g/mol. The molecular formula is C22H47Br2N. The van der Waals surface area contributed by atoms with Crippen molar-refractivity contribution in [3.63, 3.8) is 0 Å². The van der Waals surface area contributed by atoms with Crippen molar-refractivity contribution in [1.82, 2.24) is 0 Å². The molecule has 0 aliphatic heterocycles. The Balaban J connectivity index is 0. The highest BCUT2D eigenvalue weighted by atomic mass is 79.9. The molecule has 3 heteroatoms. The number of hydrogen-bond donors (Lipinski definition) is 0. The summed E-state index contributed by atoms with van der Waals surface area (Å²) in [4.78, 5) is 0. The quantitative estimate of drug-likeness (QED) is 0.141. The number of unbranched alkanes of at least 4 members (excludes halogenated alkanes) is 14. The normalized spacial score (nSPS) is 11.5. The van der Waals surface area contributed by atoms with Crippen molar-refractivity contribution in [2.24, 2.45) is 0 Å². The molecule has 0 aliphatic rings. The summed E-state index contributed by atoms with van der Waals surface area (Å²) in [6.07, 6.45) is 22.9. The summed E-state index contributed by atoms with van der Waals surface area (Å²) in [6.45, 7) is 5.05. The molecule has 0 aromatic carbocycles. The maximum atomic E-state index is 3.51. The van der Waals surface area contributed by atoms with E-state index in [0.717, 1.165) is 0 Å². The SMILES string of the molecule is CCCCCCCCCC[N+](C)(C)CCCCCCCCCCBr.[Br-]. The Kier molecular flexibility index (Phi) is 23.9. The number of alkyl halides is 1. The molecule has 1 nitrogen and oxygen atoms in total. The van der Waals surface area contributed by atoms with Crippen LogP contribution in [-0.4, -0.2) is 37.0 Å². The molecule has 0 saturated carbocycles. The minimum atomic E-state index is 0. The summed E-state index contributed by atoms with van der Waals surface area (Å²) in [5.41, 5.74) is 0. The second-order valence-corrected chi connectivity index (χ2v) is 9.17. The second kappa shape index (κ2) is 21.2. The van der Waals surface area contributed by atoms with Crippen LogP contribution in [0.15, 0.2) is 0 Å². The molecule has 154 valence electrons. The molecule has 0 saturated heterocycles. The Morgan fingerprint density at radius 1 is 0.520 bits per heavy atom. The van der Waals surface area contributed by atoms with Crippen LogP contribution in [0.2, 0.25) is 0 Å². The second-order valence-electron chi connectivity index (χ2n) is 8.38. The van der Waals surface area contributed by atoms with Gasteiger partial charge in [-0.3, -0.25) is 0 Å². The smallest absolute Gasteiger partial charge is 0.0782 e. The molecule has 25 heavy (non-hydrogen) atoms. The van der Waals surface area contributed by atoms with Crippen molar-refractivity contribution in [1.29, 1.82) is 0 Å². The molecule has 0 radical (unpaired) electrons. The number of nitrogens with zero attached hydrogens (tertiary/aromatic N) is 1. The zero-order valence-corrected chi connectivity index (χ0v) is 20.8. The number of rotatable bonds is 19. The van der Waals surface area contributed by atoms with E-state index in [2.05, 4.69) is 36.9 Å². The highest BCUT2D eigenvalue weighted by Gasteiger charge is 2.13. The van der Waals surface area contributed by atoms with E-state index < -0.39 is 0 Å². The van der Waals surface area contributed by atoms with Crippen molar-refractivity contribution < 1.29 is 21.5 Å². The molecular weight excluding hydrogens is 438 g/mol. The van der Waals surface area contributed by atoms with Crippen LogP contribution in [0.4, 0.5) is 0 Å². The van der Waals surface area contributed by atoms with Crippen molar-refractivity contribution in [3.05, 3.63) is 0 Å². The van der Waals surface area contributed by atoms with Crippen LogP contribution in [0.1, 0.15) is 110 Å². The van der Waals surface area contributed by atoms with Gasteiger partial charge in [0.15, 0.2) is 0 Å². The first kappa shape index (κ1) is 28.1. The van der Waals surface area contributed by atoms with Gasteiger partial charge in [-0.05, 0) is 32.1 Å². The highest BCUT2D eigenvalue weighted by Crippen LogP contribution is 2.13. The number of hydrogen-bond acceptors (Lipinski definition) is 0. The van der Waals surface area contributed by atoms with Crippen molar-refractivity contribution in [3.8, 4) is 0 Å². The van der Waals surface area contributed by atoms with Gasteiger partial charge >= 0.3 is 0 Å². The molecule has 0 bridgehead atoms. The Bertz CT molecular complexity index is 244. The molecule has 0 heterocycles.